The van der Waals surface area contributed by atoms with Gasteiger partial charge in [0.15, 0.2) is 0 Å². The van der Waals surface area contributed by atoms with E-state index in [9.17, 15) is 4.79 Å². The van der Waals surface area contributed by atoms with Crippen LogP contribution < -0.4 is 4.90 Å². The van der Waals surface area contributed by atoms with Gasteiger partial charge >= 0.3 is 0 Å². The molecule has 0 bridgehead atoms. The first kappa shape index (κ1) is 18.3. The van der Waals surface area contributed by atoms with Gasteiger partial charge < -0.3 is 9.32 Å². The van der Waals surface area contributed by atoms with E-state index in [4.69, 9.17) is 27.6 Å². The van der Waals surface area contributed by atoms with Crippen molar-refractivity contribution in [3.8, 4) is 11.3 Å². The molecular weight excluding hydrogens is 409 g/mol. The molecule has 29 heavy (non-hydrogen) atoms. The number of fused-ring (bicyclic) bond motifs is 2. The highest BCUT2D eigenvalue weighted by Gasteiger charge is 2.31. The molecule has 3 heterocycles. The summed E-state index contributed by atoms with van der Waals surface area (Å²) in [6, 6.07) is 13.3. The van der Waals surface area contributed by atoms with Crippen molar-refractivity contribution in [3.05, 3.63) is 75.1 Å². The van der Waals surface area contributed by atoms with Crippen molar-refractivity contribution in [2.75, 3.05) is 11.4 Å². The zero-order valence-electron chi connectivity index (χ0n) is 15.9. The van der Waals surface area contributed by atoms with Crippen molar-refractivity contribution in [3.63, 3.8) is 0 Å². The quantitative estimate of drug-likeness (QED) is 0.412. The molecule has 0 N–H and O–H groups in total. The smallest absolute Gasteiger partial charge is 0.265 e. The van der Waals surface area contributed by atoms with Crippen LogP contribution in [0.5, 0.6) is 0 Å². The summed E-state index contributed by atoms with van der Waals surface area (Å²) in [6.45, 7) is 4.30. The fourth-order valence-electron chi connectivity index (χ4n) is 4.01. The lowest BCUT2D eigenvalue weighted by atomic mass is 10.1. The largest absolute Gasteiger partial charge is 0.440 e. The molecule has 1 aliphatic heterocycles. The van der Waals surface area contributed by atoms with Gasteiger partial charge in [-0.3, -0.25) is 4.79 Å². The van der Waals surface area contributed by atoms with Crippen LogP contribution >= 0.6 is 23.2 Å². The Morgan fingerprint density at radius 1 is 1.14 bits per heavy atom. The third-order valence-corrected chi connectivity index (χ3v) is 5.89. The second-order valence-corrected chi connectivity index (χ2v) is 7.99. The van der Waals surface area contributed by atoms with E-state index in [0.717, 1.165) is 17.7 Å². The minimum Gasteiger partial charge on any atom is -0.440 e. The number of carbonyl (C=O) groups excluding carboxylic acids is 1. The zero-order valence-corrected chi connectivity index (χ0v) is 17.4. The molecule has 0 saturated carbocycles. The number of benzene rings is 2. The third kappa shape index (κ3) is 2.76. The van der Waals surface area contributed by atoms with Crippen LogP contribution in [0.4, 0.5) is 5.69 Å². The number of aromatic nitrogens is 2. The van der Waals surface area contributed by atoms with Gasteiger partial charge in [-0.05, 0) is 50.1 Å². The first-order valence-electron chi connectivity index (χ1n) is 9.29. The molecule has 0 fully saturated rings. The van der Waals surface area contributed by atoms with Crippen molar-refractivity contribution < 1.29 is 9.21 Å². The molecule has 7 heteroatoms. The van der Waals surface area contributed by atoms with E-state index in [1.54, 1.807) is 21.5 Å². The lowest BCUT2D eigenvalue weighted by Gasteiger charge is -2.16. The van der Waals surface area contributed by atoms with Gasteiger partial charge in [0, 0.05) is 22.8 Å². The SMILES string of the molecule is Cc1nn2c(-c3ccc(Cl)cc3Cl)c(C)oc2c1C(=O)N1CCc2ccccc21. The average molecular weight is 426 g/mol. The summed E-state index contributed by atoms with van der Waals surface area (Å²) < 4.78 is 7.68. The third-order valence-electron chi connectivity index (χ3n) is 5.35. The predicted molar refractivity (Wildman–Crippen MR) is 114 cm³/mol. The number of hydrogen-bond acceptors (Lipinski definition) is 3. The summed E-state index contributed by atoms with van der Waals surface area (Å²) in [4.78, 5) is 15.2. The number of nitrogens with zero attached hydrogens (tertiary/aromatic N) is 3. The summed E-state index contributed by atoms with van der Waals surface area (Å²) in [6.07, 6.45) is 0.841. The summed E-state index contributed by atoms with van der Waals surface area (Å²) >= 11 is 12.5. The molecule has 0 radical (unpaired) electrons. The predicted octanol–water partition coefficient (Wildman–Crippen LogP) is 5.72. The molecule has 1 amide bonds. The highest BCUT2D eigenvalue weighted by atomic mass is 35.5. The molecule has 0 aliphatic carbocycles. The molecule has 2 aromatic carbocycles. The molecular formula is C22H17Cl2N3O2. The van der Waals surface area contributed by atoms with Crippen LogP contribution in [-0.2, 0) is 6.42 Å². The number of rotatable bonds is 2. The van der Waals surface area contributed by atoms with Gasteiger partial charge in [0.05, 0.1) is 10.7 Å². The second kappa shape index (κ2) is 6.65. The van der Waals surface area contributed by atoms with Crippen molar-refractivity contribution in [2.45, 2.75) is 20.3 Å². The number of carbonyl (C=O) groups is 1. The number of amides is 1. The summed E-state index contributed by atoms with van der Waals surface area (Å²) in [5.41, 5.74) is 5.10. The fourth-order valence-corrected chi connectivity index (χ4v) is 4.51. The van der Waals surface area contributed by atoms with Crippen LogP contribution in [0.15, 0.2) is 46.9 Å². The summed E-state index contributed by atoms with van der Waals surface area (Å²) in [5, 5.41) is 5.66. The second-order valence-electron chi connectivity index (χ2n) is 7.14. The number of oxazole rings is 1. The van der Waals surface area contributed by atoms with E-state index >= 15 is 0 Å². The maximum Gasteiger partial charge on any atom is 0.265 e. The monoisotopic (exact) mass is 425 g/mol. The maximum atomic E-state index is 13.4. The normalized spacial score (nSPS) is 13.3. The van der Waals surface area contributed by atoms with Gasteiger partial charge in [0.2, 0.25) is 5.71 Å². The van der Waals surface area contributed by atoms with E-state index in [1.807, 2.05) is 38.1 Å². The first-order chi connectivity index (χ1) is 14.0. The molecule has 0 spiro atoms. The molecule has 0 unspecified atom stereocenters. The van der Waals surface area contributed by atoms with Gasteiger partial charge in [-0.2, -0.15) is 9.61 Å². The molecule has 4 aromatic rings. The Morgan fingerprint density at radius 3 is 2.72 bits per heavy atom. The Morgan fingerprint density at radius 2 is 1.93 bits per heavy atom. The van der Waals surface area contributed by atoms with E-state index in [-0.39, 0.29) is 5.91 Å². The number of anilines is 1. The van der Waals surface area contributed by atoms with E-state index in [0.29, 0.717) is 45.0 Å². The van der Waals surface area contributed by atoms with Crippen LogP contribution in [0, 0.1) is 13.8 Å². The van der Waals surface area contributed by atoms with E-state index in [2.05, 4.69) is 11.2 Å². The number of halogens is 2. The minimum absolute atomic E-state index is 0.107. The standard InChI is InChI=1S/C22H17Cl2N3O2/c1-12-19(21(28)26-10-9-14-5-3-4-6-18(14)26)22-27(25-12)20(13(2)29-22)16-8-7-15(23)11-17(16)24/h3-8,11H,9-10H2,1-2H3. The molecule has 0 saturated heterocycles. The zero-order chi connectivity index (χ0) is 20.3. The van der Waals surface area contributed by atoms with Gasteiger partial charge in [0.25, 0.3) is 5.91 Å². The van der Waals surface area contributed by atoms with Crippen LogP contribution in [-0.4, -0.2) is 22.1 Å². The van der Waals surface area contributed by atoms with Gasteiger partial charge in [-0.15, -0.1) is 0 Å². The van der Waals surface area contributed by atoms with Gasteiger partial charge in [-0.1, -0.05) is 41.4 Å². The Kier molecular flexibility index (Phi) is 4.19. The Hall–Kier alpha value is -2.76. The highest BCUT2D eigenvalue weighted by molar-refractivity contribution is 6.36. The Bertz CT molecular complexity index is 1290. The molecule has 0 atom stereocenters. The maximum absolute atomic E-state index is 13.4. The molecule has 1 aliphatic rings. The van der Waals surface area contributed by atoms with Crippen molar-refractivity contribution in [1.82, 2.24) is 9.61 Å². The minimum atomic E-state index is -0.107. The van der Waals surface area contributed by atoms with Crippen molar-refractivity contribution in [1.29, 1.82) is 0 Å². The number of aryl methyl sites for hydroxylation is 2. The summed E-state index contributed by atoms with van der Waals surface area (Å²) in [7, 11) is 0. The number of hydrogen-bond donors (Lipinski definition) is 0. The lowest BCUT2D eigenvalue weighted by Crippen LogP contribution is -2.29. The molecule has 146 valence electrons. The lowest BCUT2D eigenvalue weighted by molar-refractivity contribution is 0.0989. The fraction of sp³-hybridized carbons (Fsp3) is 0.182. The number of para-hydroxylation sites is 1. The Labute approximate surface area is 177 Å². The van der Waals surface area contributed by atoms with Crippen LogP contribution in [0.2, 0.25) is 10.0 Å². The average Bonchev–Trinajstić information content (AvgIpc) is 3.33. The topological polar surface area (TPSA) is 50.8 Å². The highest BCUT2D eigenvalue weighted by Crippen LogP contribution is 2.36. The van der Waals surface area contributed by atoms with E-state index < -0.39 is 0 Å². The van der Waals surface area contributed by atoms with Crippen LogP contribution in [0.25, 0.3) is 17.0 Å². The van der Waals surface area contributed by atoms with Crippen molar-refractivity contribution >= 4 is 40.5 Å². The molecule has 5 rings (SSSR count). The van der Waals surface area contributed by atoms with Crippen LogP contribution in [0.3, 0.4) is 0 Å². The van der Waals surface area contributed by atoms with Crippen LogP contribution in [0.1, 0.15) is 27.4 Å². The van der Waals surface area contributed by atoms with Crippen molar-refractivity contribution in [2.24, 2.45) is 0 Å². The van der Waals surface area contributed by atoms with Gasteiger partial charge in [0.1, 0.15) is 17.0 Å². The molecule has 2 aromatic heterocycles. The van der Waals surface area contributed by atoms with Gasteiger partial charge in [-0.25, -0.2) is 0 Å². The van der Waals surface area contributed by atoms with E-state index in [1.165, 1.54) is 5.56 Å². The molecule has 5 nitrogen and oxygen atoms in total. The summed E-state index contributed by atoms with van der Waals surface area (Å²) in [5.74, 6) is 0.526. The first-order valence-corrected chi connectivity index (χ1v) is 10.0. The Balaban J connectivity index is 1.66.